The molecule has 0 aliphatic rings. The Morgan fingerprint density at radius 3 is 1.26 bits per heavy atom. The molecule has 13 nitrogen and oxygen atoms in total. The van der Waals surface area contributed by atoms with Crippen LogP contribution < -0.4 is 33.2 Å². The van der Waals surface area contributed by atoms with Crippen LogP contribution in [-0.4, -0.2) is 73.2 Å². The lowest BCUT2D eigenvalue weighted by Crippen LogP contribution is -2.51. The van der Waals surface area contributed by atoms with Crippen LogP contribution in [-0.2, 0) is 19.1 Å². The number of carboxylic acid groups (broad SMARTS) is 1. The molecule has 0 radical (unpaired) electrons. The number of carboxylic acids is 1. The molecule has 0 bridgehead atoms. The summed E-state index contributed by atoms with van der Waals surface area (Å²) in [6.07, 6.45) is 27.9. The van der Waals surface area contributed by atoms with E-state index in [-0.39, 0.29) is 0 Å². The zero-order chi connectivity index (χ0) is 40.7. The molecule has 10 N–H and O–H groups in total. The molecule has 0 aliphatic carbocycles. The number of primary amides is 1. The molecular formula is C41H84N6O7. The molecule has 4 atom stereocenters. The average Bonchev–Trinajstić information content (AvgIpc) is 3.14. The van der Waals surface area contributed by atoms with E-state index >= 15 is 0 Å². The lowest BCUT2D eigenvalue weighted by Gasteiger charge is -2.26. The van der Waals surface area contributed by atoms with Crippen molar-refractivity contribution < 1.29 is 33.8 Å². The summed E-state index contributed by atoms with van der Waals surface area (Å²) in [5.41, 5.74) is 15.3. The minimum atomic E-state index is -1.10. The number of rotatable bonds is 36. The second kappa shape index (κ2) is 40.0. The molecular weight excluding hydrogens is 688 g/mol. The Bertz CT molecular complexity index is 898. The van der Waals surface area contributed by atoms with Crippen molar-refractivity contribution in [1.82, 2.24) is 16.0 Å². The standard InChI is InChI=1S/C36H71N3O6.C5H13N3O/c1-5-7-9-11-13-15-17-19-21-23-25-27-29-37-35(42)44-32(4)33(39-31(3)34(40)41)45-36(43)38-30-28-26-24-22-20-18-16-14-12-10-8-6-2;6-3-1-2-4(7)5(8)9/h31-33,39H,5-30H2,1-4H3,(H,37,42)(H,38,43)(H,40,41);4H,1-3,6-7H2,(H2,8,9). The number of hydrogen-bond acceptors (Lipinski definition) is 9. The number of carbonyl (C=O) groups is 4. The van der Waals surface area contributed by atoms with E-state index in [2.05, 4.69) is 29.8 Å². The number of carbonyl (C=O) groups excluding carboxylic acids is 3. The molecule has 0 aliphatic heterocycles. The van der Waals surface area contributed by atoms with Crippen LogP contribution in [0.25, 0.3) is 0 Å². The topological polar surface area (TPSA) is 221 Å². The molecule has 0 heterocycles. The Balaban J connectivity index is 0. The highest BCUT2D eigenvalue weighted by atomic mass is 16.6. The van der Waals surface area contributed by atoms with E-state index in [4.69, 9.17) is 26.7 Å². The molecule has 0 aromatic heterocycles. The van der Waals surface area contributed by atoms with Crippen LogP contribution in [0.1, 0.15) is 195 Å². The third-order valence-electron chi connectivity index (χ3n) is 9.42. The lowest BCUT2D eigenvalue weighted by atomic mass is 10.1. The molecule has 3 amide bonds. The quantitative estimate of drug-likeness (QED) is 0.0239. The Morgan fingerprint density at radius 2 is 0.926 bits per heavy atom. The number of amides is 3. The van der Waals surface area contributed by atoms with Gasteiger partial charge in [-0.05, 0) is 46.1 Å². The minimum Gasteiger partial charge on any atom is -0.480 e. The van der Waals surface area contributed by atoms with Gasteiger partial charge in [-0.1, -0.05) is 155 Å². The predicted octanol–water partition coefficient (Wildman–Crippen LogP) is 8.16. The fourth-order valence-electron chi connectivity index (χ4n) is 5.81. The summed E-state index contributed by atoms with van der Waals surface area (Å²) in [6.45, 7) is 9.06. The van der Waals surface area contributed by atoms with Gasteiger partial charge in [-0.25, -0.2) is 9.59 Å². The number of unbranched alkanes of at least 4 members (excludes halogenated alkanes) is 22. The summed E-state index contributed by atoms with van der Waals surface area (Å²) in [5.74, 6) is -1.55. The second-order valence-electron chi connectivity index (χ2n) is 14.7. The number of hydrogen-bond donors (Lipinski definition) is 7. The van der Waals surface area contributed by atoms with Crippen molar-refractivity contribution in [2.45, 2.75) is 219 Å². The molecule has 0 fully saturated rings. The SMILES string of the molecule is CCCCCCCCCCCCCCNC(=O)OC(C)C(NC(C)C(=O)O)OC(=O)NCCCCCCCCCCCCCC.NCCCC(N)C(N)=O. The van der Waals surface area contributed by atoms with Crippen LogP contribution in [0, 0.1) is 0 Å². The van der Waals surface area contributed by atoms with Crippen molar-refractivity contribution in [2.75, 3.05) is 19.6 Å². The van der Waals surface area contributed by atoms with Crippen molar-refractivity contribution >= 4 is 24.1 Å². The molecule has 54 heavy (non-hydrogen) atoms. The van der Waals surface area contributed by atoms with E-state index in [1.165, 1.54) is 122 Å². The van der Waals surface area contributed by atoms with Gasteiger partial charge in [0.1, 0.15) is 6.04 Å². The summed E-state index contributed by atoms with van der Waals surface area (Å²) in [6, 6.07) is -1.51. The molecule has 13 heteroatoms. The monoisotopic (exact) mass is 773 g/mol. The molecule has 0 saturated carbocycles. The van der Waals surface area contributed by atoms with Crippen molar-refractivity contribution in [3.8, 4) is 0 Å². The minimum absolute atomic E-state index is 0.455. The van der Waals surface area contributed by atoms with Gasteiger partial charge < -0.3 is 42.4 Å². The maximum atomic E-state index is 12.4. The number of ether oxygens (including phenoxy) is 2. The summed E-state index contributed by atoms with van der Waals surface area (Å²) in [7, 11) is 0. The van der Waals surface area contributed by atoms with E-state index in [1.54, 1.807) is 6.92 Å². The molecule has 0 spiro atoms. The van der Waals surface area contributed by atoms with E-state index in [1.807, 2.05) is 0 Å². The molecule has 0 rings (SSSR count). The van der Waals surface area contributed by atoms with Crippen LogP contribution >= 0.6 is 0 Å². The first-order valence-corrected chi connectivity index (χ1v) is 21.6. The number of nitrogens with two attached hydrogens (primary N) is 3. The Hall–Kier alpha value is -2.64. The van der Waals surface area contributed by atoms with Gasteiger partial charge in [0.2, 0.25) is 5.91 Å². The van der Waals surface area contributed by atoms with E-state index in [9.17, 15) is 24.3 Å². The molecule has 0 aromatic carbocycles. The summed E-state index contributed by atoms with van der Waals surface area (Å²) in [5, 5.41) is 17.5. The molecule has 320 valence electrons. The van der Waals surface area contributed by atoms with Crippen LogP contribution in [0.4, 0.5) is 9.59 Å². The van der Waals surface area contributed by atoms with Gasteiger partial charge in [0, 0.05) is 13.1 Å². The molecule has 0 aromatic rings. The van der Waals surface area contributed by atoms with Crippen molar-refractivity contribution in [3.63, 3.8) is 0 Å². The van der Waals surface area contributed by atoms with Gasteiger partial charge >= 0.3 is 18.2 Å². The van der Waals surface area contributed by atoms with Gasteiger partial charge in [-0.3, -0.25) is 14.9 Å². The maximum absolute atomic E-state index is 12.4. The van der Waals surface area contributed by atoms with Gasteiger partial charge in [0.25, 0.3) is 0 Å². The first-order valence-electron chi connectivity index (χ1n) is 21.6. The predicted molar refractivity (Wildman–Crippen MR) is 220 cm³/mol. The van der Waals surface area contributed by atoms with Gasteiger partial charge in [0.15, 0.2) is 12.3 Å². The van der Waals surface area contributed by atoms with E-state index < -0.39 is 48.5 Å². The van der Waals surface area contributed by atoms with E-state index in [0.29, 0.717) is 26.1 Å². The number of nitrogens with one attached hydrogen (secondary N) is 3. The number of aliphatic carboxylic acids is 1. The Morgan fingerprint density at radius 1 is 0.574 bits per heavy atom. The highest BCUT2D eigenvalue weighted by molar-refractivity contribution is 5.79. The van der Waals surface area contributed by atoms with Crippen LogP contribution in [0.5, 0.6) is 0 Å². The zero-order valence-electron chi connectivity index (χ0n) is 34.9. The highest BCUT2D eigenvalue weighted by Crippen LogP contribution is 2.13. The third-order valence-corrected chi connectivity index (χ3v) is 9.42. The lowest BCUT2D eigenvalue weighted by molar-refractivity contribution is -0.140. The van der Waals surface area contributed by atoms with Crippen LogP contribution in [0.3, 0.4) is 0 Å². The molecule has 4 unspecified atom stereocenters. The fourth-order valence-corrected chi connectivity index (χ4v) is 5.81. The van der Waals surface area contributed by atoms with E-state index in [0.717, 1.165) is 44.9 Å². The first-order chi connectivity index (χ1) is 26.0. The van der Waals surface area contributed by atoms with Gasteiger partial charge in [0.05, 0.1) is 6.04 Å². The van der Waals surface area contributed by atoms with Crippen LogP contribution in [0.2, 0.25) is 0 Å². The van der Waals surface area contributed by atoms with Gasteiger partial charge in [-0.2, -0.15) is 0 Å². The Kier molecular flexibility index (Phi) is 39.6. The summed E-state index contributed by atoms with van der Waals surface area (Å²) < 4.78 is 10.8. The zero-order valence-corrected chi connectivity index (χ0v) is 34.9. The highest BCUT2D eigenvalue weighted by Gasteiger charge is 2.28. The normalized spacial score (nSPS) is 13.1. The Labute approximate surface area is 329 Å². The smallest absolute Gasteiger partial charge is 0.408 e. The average molecular weight is 773 g/mol. The largest absolute Gasteiger partial charge is 0.480 e. The van der Waals surface area contributed by atoms with Crippen molar-refractivity contribution in [2.24, 2.45) is 17.2 Å². The third kappa shape index (κ3) is 37.7. The van der Waals surface area contributed by atoms with Crippen molar-refractivity contribution in [1.29, 1.82) is 0 Å². The fraction of sp³-hybridized carbons (Fsp3) is 0.902. The van der Waals surface area contributed by atoms with Crippen LogP contribution in [0.15, 0.2) is 0 Å². The second-order valence-corrected chi connectivity index (χ2v) is 14.7. The van der Waals surface area contributed by atoms with Crippen molar-refractivity contribution in [3.05, 3.63) is 0 Å². The summed E-state index contributed by atoms with van der Waals surface area (Å²) in [4.78, 5) is 46.4. The van der Waals surface area contributed by atoms with Gasteiger partial charge in [-0.15, -0.1) is 0 Å². The molecule has 0 saturated heterocycles. The maximum Gasteiger partial charge on any atom is 0.408 e. The number of alkyl carbamates (subject to hydrolysis) is 2. The summed E-state index contributed by atoms with van der Waals surface area (Å²) >= 11 is 0. The first kappa shape index (κ1) is 53.5.